The second kappa shape index (κ2) is 9.88. The topological polar surface area (TPSA) is 92.2 Å². The van der Waals surface area contributed by atoms with Crippen LogP contribution in [0.2, 0.25) is 0 Å². The van der Waals surface area contributed by atoms with Crippen LogP contribution in [-0.2, 0) is 11.3 Å². The van der Waals surface area contributed by atoms with Crippen molar-refractivity contribution < 1.29 is 9.59 Å². The summed E-state index contributed by atoms with van der Waals surface area (Å²) in [6.45, 7) is 1.61. The zero-order valence-electron chi connectivity index (χ0n) is 17.2. The molecule has 3 aromatic rings. The number of nitrogens with one attached hydrogen (secondary N) is 2. The van der Waals surface area contributed by atoms with E-state index in [-0.39, 0.29) is 23.9 Å². The van der Waals surface area contributed by atoms with Crippen LogP contribution in [0.15, 0.2) is 73.3 Å². The molecule has 8 heteroatoms. The average molecular weight is 419 g/mol. The average Bonchev–Trinajstić information content (AvgIpc) is 3.33. The molecule has 1 fully saturated rings. The van der Waals surface area contributed by atoms with Crippen LogP contribution < -0.4 is 10.6 Å². The summed E-state index contributed by atoms with van der Waals surface area (Å²) in [5.74, 6) is -0.111. The Bertz CT molecular complexity index is 970. The molecular formula is C23H26N6O2. The Morgan fingerprint density at radius 2 is 1.68 bits per heavy atom. The zero-order valence-corrected chi connectivity index (χ0v) is 17.2. The van der Waals surface area contributed by atoms with E-state index >= 15 is 0 Å². The Balaban J connectivity index is 1.33. The molecule has 1 aliphatic heterocycles. The van der Waals surface area contributed by atoms with Gasteiger partial charge in [0.2, 0.25) is 5.91 Å². The third-order valence-electron chi connectivity index (χ3n) is 5.53. The lowest BCUT2D eigenvalue weighted by Crippen LogP contribution is -2.45. The maximum absolute atomic E-state index is 13.0. The fraction of sp³-hybridized carbons (Fsp3) is 0.304. The molecule has 1 saturated heterocycles. The summed E-state index contributed by atoms with van der Waals surface area (Å²) in [6.07, 6.45) is 4.41. The quantitative estimate of drug-likeness (QED) is 0.644. The van der Waals surface area contributed by atoms with E-state index in [4.69, 9.17) is 0 Å². The standard InChI is InChI=1S/C23H26N6O2/c30-22(27-21(15-29-17-24-16-25-29)18-7-3-1-4-8-18)19-11-13-28(14-12-19)23(31)26-20-9-5-2-6-10-20/h1-10,16-17,19,21H,11-15H2,(H,26,31)(H,27,30). The Morgan fingerprint density at radius 1 is 1.00 bits per heavy atom. The molecular weight excluding hydrogens is 392 g/mol. The number of anilines is 1. The third kappa shape index (κ3) is 5.48. The Hall–Kier alpha value is -3.68. The summed E-state index contributed by atoms with van der Waals surface area (Å²) in [5.41, 5.74) is 1.79. The maximum Gasteiger partial charge on any atom is 0.321 e. The fourth-order valence-electron chi connectivity index (χ4n) is 3.79. The lowest BCUT2D eigenvalue weighted by molar-refractivity contribution is -0.127. The molecule has 0 spiro atoms. The molecule has 8 nitrogen and oxygen atoms in total. The number of urea groups is 1. The Morgan fingerprint density at radius 3 is 2.32 bits per heavy atom. The van der Waals surface area contributed by atoms with Crippen molar-refractivity contribution in [2.75, 3.05) is 18.4 Å². The van der Waals surface area contributed by atoms with Gasteiger partial charge in [-0.05, 0) is 30.5 Å². The molecule has 0 radical (unpaired) electrons. The van der Waals surface area contributed by atoms with Crippen LogP contribution in [0.25, 0.3) is 0 Å². The van der Waals surface area contributed by atoms with Gasteiger partial charge in [0.15, 0.2) is 0 Å². The molecule has 0 saturated carbocycles. The molecule has 2 aromatic carbocycles. The molecule has 2 heterocycles. The van der Waals surface area contributed by atoms with E-state index in [2.05, 4.69) is 20.7 Å². The van der Waals surface area contributed by atoms with Crippen molar-refractivity contribution in [2.24, 2.45) is 5.92 Å². The van der Waals surface area contributed by atoms with Crippen molar-refractivity contribution in [3.05, 3.63) is 78.9 Å². The molecule has 0 aliphatic carbocycles. The van der Waals surface area contributed by atoms with Crippen LogP contribution >= 0.6 is 0 Å². The number of benzene rings is 2. The molecule has 31 heavy (non-hydrogen) atoms. The highest BCUT2D eigenvalue weighted by atomic mass is 16.2. The normalized spacial score (nSPS) is 15.3. The third-order valence-corrected chi connectivity index (χ3v) is 5.53. The molecule has 1 atom stereocenters. The van der Waals surface area contributed by atoms with Crippen LogP contribution in [0.3, 0.4) is 0 Å². The highest BCUT2D eigenvalue weighted by Gasteiger charge is 2.29. The fourth-order valence-corrected chi connectivity index (χ4v) is 3.79. The highest BCUT2D eigenvalue weighted by Crippen LogP contribution is 2.21. The molecule has 1 aromatic heterocycles. The monoisotopic (exact) mass is 418 g/mol. The first kappa shape index (κ1) is 20.6. The van der Waals surface area contributed by atoms with Gasteiger partial charge >= 0.3 is 6.03 Å². The number of hydrogen-bond donors (Lipinski definition) is 2. The summed E-state index contributed by atoms with van der Waals surface area (Å²) in [4.78, 5) is 31.2. The van der Waals surface area contributed by atoms with E-state index in [9.17, 15) is 9.59 Å². The number of carbonyl (C=O) groups is 2. The summed E-state index contributed by atoms with van der Waals surface area (Å²) >= 11 is 0. The second-order valence-electron chi connectivity index (χ2n) is 7.65. The minimum Gasteiger partial charge on any atom is -0.347 e. The van der Waals surface area contributed by atoms with Gasteiger partial charge in [0.05, 0.1) is 12.6 Å². The molecule has 1 aliphatic rings. The summed E-state index contributed by atoms with van der Waals surface area (Å²) in [6, 6.07) is 18.9. The van der Waals surface area contributed by atoms with E-state index in [0.717, 1.165) is 11.3 Å². The minimum atomic E-state index is -0.199. The van der Waals surface area contributed by atoms with Crippen molar-refractivity contribution in [1.82, 2.24) is 25.0 Å². The molecule has 1 unspecified atom stereocenters. The van der Waals surface area contributed by atoms with Gasteiger partial charge in [-0.25, -0.2) is 9.78 Å². The lowest BCUT2D eigenvalue weighted by atomic mass is 9.95. The number of nitrogens with zero attached hydrogens (tertiary/aromatic N) is 4. The van der Waals surface area contributed by atoms with Crippen LogP contribution in [0.5, 0.6) is 0 Å². The van der Waals surface area contributed by atoms with Crippen LogP contribution in [0.1, 0.15) is 24.4 Å². The summed E-state index contributed by atoms with van der Waals surface area (Å²) in [7, 11) is 0. The van der Waals surface area contributed by atoms with Crippen LogP contribution in [0, 0.1) is 5.92 Å². The van der Waals surface area contributed by atoms with Gasteiger partial charge in [-0.15, -0.1) is 0 Å². The van der Waals surface area contributed by atoms with Crippen molar-refractivity contribution in [3.63, 3.8) is 0 Å². The number of rotatable bonds is 6. The van der Waals surface area contributed by atoms with Gasteiger partial charge in [-0.1, -0.05) is 48.5 Å². The minimum absolute atomic E-state index is 0.0112. The lowest BCUT2D eigenvalue weighted by Gasteiger charge is -2.32. The van der Waals surface area contributed by atoms with E-state index < -0.39 is 0 Å². The van der Waals surface area contributed by atoms with Gasteiger partial charge in [0, 0.05) is 24.7 Å². The van der Waals surface area contributed by atoms with Gasteiger partial charge in [0.25, 0.3) is 0 Å². The smallest absolute Gasteiger partial charge is 0.321 e. The van der Waals surface area contributed by atoms with E-state index in [1.165, 1.54) is 6.33 Å². The first-order valence-electron chi connectivity index (χ1n) is 10.5. The number of hydrogen-bond acceptors (Lipinski definition) is 4. The van der Waals surface area contributed by atoms with Crippen molar-refractivity contribution in [2.45, 2.75) is 25.4 Å². The predicted molar refractivity (Wildman–Crippen MR) is 117 cm³/mol. The molecule has 160 valence electrons. The maximum atomic E-state index is 13.0. The Labute approximate surface area is 181 Å². The second-order valence-corrected chi connectivity index (χ2v) is 7.65. The van der Waals surface area contributed by atoms with Gasteiger partial charge < -0.3 is 15.5 Å². The summed E-state index contributed by atoms with van der Waals surface area (Å²) < 4.78 is 1.72. The summed E-state index contributed by atoms with van der Waals surface area (Å²) in [5, 5.41) is 10.3. The number of amides is 3. The van der Waals surface area contributed by atoms with Gasteiger partial charge in [0.1, 0.15) is 12.7 Å². The first-order chi connectivity index (χ1) is 15.2. The largest absolute Gasteiger partial charge is 0.347 e. The first-order valence-corrected chi connectivity index (χ1v) is 10.5. The molecule has 3 amide bonds. The van der Waals surface area contributed by atoms with Crippen molar-refractivity contribution in [3.8, 4) is 0 Å². The number of aromatic nitrogens is 3. The van der Waals surface area contributed by atoms with Gasteiger partial charge in [-0.2, -0.15) is 5.10 Å². The molecule has 0 bridgehead atoms. The number of piperidine rings is 1. The SMILES string of the molecule is O=C(NC(Cn1cncn1)c1ccccc1)C1CCN(C(=O)Nc2ccccc2)CC1. The van der Waals surface area contributed by atoms with E-state index in [1.54, 1.807) is 15.9 Å². The number of carbonyl (C=O) groups excluding carboxylic acids is 2. The van der Waals surface area contributed by atoms with Crippen molar-refractivity contribution in [1.29, 1.82) is 0 Å². The van der Waals surface area contributed by atoms with Crippen LogP contribution in [-0.4, -0.2) is 44.7 Å². The van der Waals surface area contributed by atoms with Gasteiger partial charge in [-0.3, -0.25) is 9.48 Å². The Kier molecular flexibility index (Phi) is 6.56. The van der Waals surface area contributed by atoms with Crippen LogP contribution in [0.4, 0.5) is 10.5 Å². The number of para-hydroxylation sites is 1. The van der Waals surface area contributed by atoms with E-state index in [0.29, 0.717) is 32.5 Å². The van der Waals surface area contributed by atoms with Crippen molar-refractivity contribution >= 4 is 17.6 Å². The van der Waals surface area contributed by atoms with E-state index in [1.807, 2.05) is 60.7 Å². The highest BCUT2D eigenvalue weighted by molar-refractivity contribution is 5.89. The zero-order chi connectivity index (χ0) is 21.5. The predicted octanol–water partition coefficient (Wildman–Crippen LogP) is 3.08. The number of likely N-dealkylation sites (tertiary alicyclic amines) is 1. The molecule has 2 N–H and O–H groups in total. The molecule has 4 rings (SSSR count).